The maximum absolute atomic E-state index is 11.7. The first-order chi connectivity index (χ1) is 8.60. The predicted molar refractivity (Wildman–Crippen MR) is 70.8 cm³/mol. The molecule has 0 unspecified atom stereocenters. The zero-order valence-corrected chi connectivity index (χ0v) is 11.7. The van der Waals surface area contributed by atoms with E-state index in [1.54, 1.807) is 6.92 Å². The summed E-state index contributed by atoms with van der Waals surface area (Å²) in [5, 5.41) is 0.138. The van der Waals surface area contributed by atoms with Crippen molar-refractivity contribution in [3.8, 4) is 0 Å². The smallest absolute Gasteiger partial charge is 0.319 e. The number of carbonyl (C=O) groups is 1. The van der Waals surface area contributed by atoms with Crippen LogP contribution in [0.4, 0.5) is 0 Å². The highest BCUT2D eigenvalue weighted by molar-refractivity contribution is 8.00. The molecule has 1 atom stereocenters. The monoisotopic (exact) mass is 270 g/mol. The molecule has 1 rings (SSSR count). The number of aromatic nitrogens is 2. The van der Waals surface area contributed by atoms with Crippen molar-refractivity contribution in [2.24, 2.45) is 0 Å². The van der Waals surface area contributed by atoms with Gasteiger partial charge >= 0.3 is 5.97 Å². The minimum absolute atomic E-state index is 0.192. The molecule has 0 saturated carbocycles. The molecule has 0 aliphatic rings. The van der Waals surface area contributed by atoms with Gasteiger partial charge in [0.25, 0.3) is 5.56 Å². The molecule has 1 heterocycles. The Hall–Kier alpha value is -1.30. The lowest BCUT2D eigenvalue weighted by Gasteiger charge is -2.12. The topological polar surface area (TPSA) is 72.0 Å². The van der Waals surface area contributed by atoms with Crippen LogP contribution in [0.3, 0.4) is 0 Å². The van der Waals surface area contributed by atoms with Crippen LogP contribution in [0.2, 0.25) is 0 Å². The molecule has 0 bridgehead atoms. The van der Waals surface area contributed by atoms with Crippen LogP contribution in [-0.4, -0.2) is 27.8 Å². The van der Waals surface area contributed by atoms with E-state index in [4.69, 9.17) is 4.74 Å². The molecule has 0 aromatic carbocycles. The number of H-pyrrole nitrogens is 1. The molecule has 0 aliphatic carbocycles. The molecular formula is C12H18N2O3S. The Kier molecular flexibility index (Phi) is 5.91. The lowest BCUT2D eigenvalue weighted by atomic mass is 10.3. The maximum atomic E-state index is 11.7. The van der Waals surface area contributed by atoms with Crippen molar-refractivity contribution in [3.63, 3.8) is 0 Å². The molecule has 1 aromatic heterocycles. The van der Waals surface area contributed by atoms with E-state index in [0.29, 0.717) is 24.6 Å². The fraction of sp³-hybridized carbons (Fsp3) is 0.583. The number of hydrogen-bond acceptors (Lipinski definition) is 5. The average molecular weight is 270 g/mol. The van der Waals surface area contributed by atoms with Gasteiger partial charge in [0.1, 0.15) is 5.25 Å². The third-order valence-corrected chi connectivity index (χ3v) is 3.54. The van der Waals surface area contributed by atoms with Gasteiger partial charge in [-0.2, -0.15) is 0 Å². The van der Waals surface area contributed by atoms with Crippen LogP contribution < -0.4 is 5.56 Å². The third kappa shape index (κ3) is 4.18. The molecule has 0 spiro atoms. The van der Waals surface area contributed by atoms with Crippen LogP contribution in [0.15, 0.2) is 16.0 Å². The number of aryl methyl sites for hydroxylation is 1. The molecule has 0 radical (unpaired) electrons. The second-order valence-electron chi connectivity index (χ2n) is 3.66. The first kappa shape index (κ1) is 14.8. The van der Waals surface area contributed by atoms with Gasteiger partial charge in [-0.25, -0.2) is 4.98 Å². The highest BCUT2D eigenvalue weighted by Gasteiger charge is 2.20. The number of nitrogens with one attached hydrogen (secondary N) is 1. The van der Waals surface area contributed by atoms with Crippen LogP contribution in [0, 0.1) is 0 Å². The molecule has 0 saturated heterocycles. The van der Waals surface area contributed by atoms with Gasteiger partial charge in [-0.15, -0.1) is 0 Å². The number of aromatic amines is 1. The SMILES string of the molecule is CCOC(=O)[C@H](CC)Sc1nc(CC)cc(=O)[nH]1. The van der Waals surface area contributed by atoms with Gasteiger partial charge < -0.3 is 9.72 Å². The van der Waals surface area contributed by atoms with Crippen LogP contribution in [0.5, 0.6) is 0 Å². The number of esters is 1. The Balaban J connectivity index is 2.84. The van der Waals surface area contributed by atoms with Crippen molar-refractivity contribution in [3.05, 3.63) is 22.1 Å². The number of nitrogens with zero attached hydrogens (tertiary/aromatic N) is 1. The van der Waals surface area contributed by atoms with Crippen LogP contribution in [0.1, 0.15) is 32.9 Å². The lowest BCUT2D eigenvalue weighted by Crippen LogP contribution is -2.21. The summed E-state index contributed by atoms with van der Waals surface area (Å²) in [5.74, 6) is -0.269. The minimum Gasteiger partial charge on any atom is -0.465 e. The summed E-state index contributed by atoms with van der Waals surface area (Å²) in [6, 6.07) is 1.47. The van der Waals surface area contributed by atoms with Crippen molar-refractivity contribution in [2.75, 3.05) is 6.61 Å². The summed E-state index contributed by atoms with van der Waals surface area (Å²) >= 11 is 1.24. The van der Waals surface area contributed by atoms with Crippen molar-refractivity contribution in [1.82, 2.24) is 9.97 Å². The van der Waals surface area contributed by atoms with Crippen LogP contribution >= 0.6 is 11.8 Å². The zero-order chi connectivity index (χ0) is 13.5. The van der Waals surface area contributed by atoms with Crippen molar-refractivity contribution >= 4 is 17.7 Å². The predicted octanol–water partition coefficient (Wildman–Crippen LogP) is 1.77. The van der Waals surface area contributed by atoms with Gasteiger partial charge in [0.05, 0.1) is 6.61 Å². The van der Waals surface area contributed by atoms with Crippen molar-refractivity contribution in [1.29, 1.82) is 0 Å². The second-order valence-corrected chi connectivity index (χ2v) is 4.85. The Morgan fingerprint density at radius 2 is 2.22 bits per heavy atom. The Morgan fingerprint density at radius 1 is 1.50 bits per heavy atom. The standard InChI is InChI=1S/C12H18N2O3S/c1-4-8-7-10(15)14-12(13-8)18-9(5-2)11(16)17-6-3/h7,9H,4-6H2,1-3H3,(H,13,14,15)/t9-/m0/s1. The van der Waals surface area contributed by atoms with E-state index >= 15 is 0 Å². The first-order valence-corrected chi connectivity index (χ1v) is 6.92. The highest BCUT2D eigenvalue weighted by atomic mass is 32.2. The fourth-order valence-electron chi connectivity index (χ4n) is 1.39. The Labute approximate surface area is 110 Å². The normalized spacial score (nSPS) is 12.2. The van der Waals surface area contributed by atoms with E-state index in [9.17, 15) is 9.59 Å². The molecule has 18 heavy (non-hydrogen) atoms. The van der Waals surface area contributed by atoms with Gasteiger partial charge in [0, 0.05) is 11.8 Å². The summed E-state index contributed by atoms with van der Waals surface area (Å²) in [6.45, 7) is 5.96. The zero-order valence-electron chi connectivity index (χ0n) is 10.9. The Bertz CT molecular complexity index is 459. The molecule has 1 aromatic rings. The van der Waals surface area contributed by atoms with E-state index in [1.165, 1.54) is 17.8 Å². The molecule has 0 aliphatic heterocycles. The quantitative estimate of drug-likeness (QED) is 0.484. The van der Waals surface area contributed by atoms with Gasteiger partial charge in [0.2, 0.25) is 0 Å². The van der Waals surface area contributed by atoms with Gasteiger partial charge in [0.15, 0.2) is 5.16 Å². The van der Waals surface area contributed by atoms with E-state index in [0.717, 1.165) is 5.69 Å². The van der Waals surface area contributed by atoms with Gasteiger partial charge in [-0.1, -0.05) is 25.6 Å². The number of ether oxygens (including phenoxy) is 1. The van der Waals surface area contributed by atoms with Crippen LogP contribution in [-0.2, 0) is 16.0 Å². The number of carbonyl (C=O) groups excluding carboxylic acids is 1. The molecular weight excluding hydrogens is 252 g/mol. The lowest BCUT2D eigenvalue weighted by molar-refractivity contribution is -0.142. The minimum atomic E-state index is -0.333. The largest absolute Gasteiger partial charge is 0.465 e. The maximum Gasteiger partial charge on any atom is 0.319 e. The van der Waals surface area contributed by atoms with E-state index in [1.807, 2.05) is 13.8 Å². The molecule has 5 nitrogen and oxygen atoms in total. The van der Waals surface area contributed by atoms with E-state index in [-0.39, 0.29) is 16.8 Å². The summed E-state index contributed by atoms with van der Waals surface area (Å²) in [5.41, 5.74) is 0.531. The number of hydrogen-bond donors (Lipinski definition) is 1. The first-order valence-electron chi connectivity index (χ1n) is 6.04. The Morgan fingerprint density at radius 3 is 2.78 bits per heavy atom. The molecule has 6 heteroatoms. The van der Waals surface area contributed by atoms with Gasteiger partial charge in [-0.05, 0) is 19.8 Å². The van der Waals surface area contributed by atoms with Crippen LogP contribution in [0.25, 0.3) is 0 Å². The summed E-state index contributed by atoms with van der Waals surface area (Å²) in [6.07, 6.45) is 1.32. The summed E-state index contributed by atoms with van der Waals surface area (Å²) in [7, 11) is 0. The third-order valence-electron chi connectivity index (χ3n) is 2.31. The summed E-state index contributed by atoms with van der Waals surface area (Å²) in [4.78, 5) is 30.0. The number of thioether (sulfide) groups is 1. The fourth-order valence-corrected chi connectivity index (χ4v) is 2.32. The second kappa shape index (κ2) is 7.20. The molecule has 0 fully saturated rings. The molecule has 0 amide bonds. The summed E-state index contributed by atoms with van der Waals surface area (Å²) < 4.78 is 4.97. The highest BCUT2D eigenvalue weighted by Crippen LogP contribution is 2.22. The van der Waals surface area contributed by atoms with Crippen molar-refractivity contribution in [2.45, 2.75) is 44.0 Å². The van der Waals surface area contributed by atoms with E-state index in [2.05, 4.69) is 9.97 Å². The van der Waals surface area contributed by atoms with E-state index < -0.39 is 0 Å². The number of rotatable bonds is 6. The van der Waals surface area contributed by atoms with Gasteiger partial charge in [-0.3, -0.25) is 9.59 Å². The molecule has 1 N–H and O–H groups in total. The van der Waals surface area contributed by atoms with Crippen molar-refractivity contribution < 1.29 is 9.53 Å². The molecule has 100 valence electrons. The average Bonchev–Trinajstić information content (AvgIpc) is 2.35.